The summed E-state index contributed by atoms with van der Waals surface area (Å²) in [7, 11) is 3.42. The molecule has 1 aromatic carbocycles. The number of rotatable bonds is 7. The number of ether oxygens (including phenoxy) is 2. The predicted octanol–water partition coefficient (Wildman–Crippen LogP) is 3.93. The monoisotopic (exact) mass is 277 g/mol. The summed E-state index contributed by atoms with van der Waals surface area (Å²) in [4.78, 5) is 0. The zero-order valence-electron chi connectivity index (χ0n) is 13.2. The maximum atomic E-state index is 5.47. The van der Waals surface area contributed by atoms with Crippen molar-refractivity contribution in [3.05, 3.63) is 23.8 Å². The van der Waals surface area contributed by atoms with Gasteiger partial charge in [-0.2, -0.15) is 0 Å². The van der Waals surface area contributed by atoms with Crippen molar-refractivity contribution in [2.45, 2.75) is 45.6 Å². The summed E-state index contributed by atoms with van der Waals surface area (Å²) in [6.07, 6.45) is 5.37. The van der Waals surface area contributed by atoms with Crippen LogP contribution in [0.1, 0.15) is 51.1 Å². The van der Waals surface area contributed by atoms with Crippen molar-refractivity contribution in [1.29, 1.82) is 0 Å². The zero-order chi connectivity index (χ0) is 14.6. The fourth-order valence-electron chi connectivity index (χ4n) is 2.99. The van der Waals surface area contributed by atoms with Gasteiger partial charge in [0, 0.05) is 18.2 Å². The molecule has 0 spiro atoms. The van der Waals surface area contributed by atoms with Crippen molar-refractivity contribution in [1.82, 2.24) is 5.32 Å². The highest BCUT2D eigenvalue weighted by molar-refractivity contribution is 5.42. The maximum Gasteiger partial charge on any atom is 0.123 e. The van der Waals surface area contributed by atoms with E-state index >= 15 is 0 Å². The molecule has 0 aliphatic heterocycles. The molecule has 1 aromatic rings. The number of hydrogen-bond acceptors (Lipinski definition) is 3. The van der Waals surface area contributed by atoms with Gasteiger partial charge in [0.25, 0.3) is 0 Å². The SMILES string of the molecule is CCC1(CNC(C)c2cc(OC)ccc2OC)CCC1. The normalized spacial score (nSPS) is 18.2. The number of hydrogen-bond donors (Lipinski definition) is 1. The van der Waals surface area contributed by atoms with Gasteiger partial charge >= 0.3 is 0 Å². The number of methoxy groups -OCH3 is 2. The first-order chi connectivity index (χ1) is 9.64. The van der Waals surface area contributed by atoms with Gasteiger partial charge in [-0.25, -0.2) is 0 Å². The molecule has 112 valence electrons. The van der Waals surface area contributed by atoms with E-state index in [2.05, 4.69) is 25.2 Å². The Balaban J connectivity index is 2.05. The Morgan fingerprint density at radius 1 is 1.25 bits per heavy atom. The second-order valence-electron chi connectivity index (χ2n) is 5.92. The molecule has 1 N–H and O–H groups in total. The molecule has 3 nitrogen and oxygen atoms in total. The van der Waals surface area contributed by atoms with Gasteiger partial charge in [0.05, 0.1) is 14.2 Å². The highest BCUT2D eigenvalue weighted by atomic mass is 16.5. The lowest BCUT2D eigenvalue weighted by molar-refractivity contribution is 0.120. The first kappa shape index (κ1) is 15.2. The van der Waals surface area contributed by atoms with E-state index in [4.69, 9.17) is 9.47 Å². The molecule has 1 fully saturated rings. The second-order valence-corrected chi connectivity index (χ2v) is 5.92. The minimum absolute atomic E-state index is 0.268. The summed E-state index contributed by atoms with van der Waals surface area (Å²) in [5, 5.41) is 3.68. The third kappa shape index (κ3) is 3.09. The van der Waals surface area contributed by atoms with E-state index < -0.39 is 0 Å². The standard InChI is InChI=1S/C17H27NO2/c1-5-17(9-6-10-17)12-18-13(2)15-11-14(19-3)7-8-16(15)20-4/h7-8,11,13,18H,5-6,9-10,12H2,1-4H3. The van der Waals surface area contributed by atoms with Crippen molar-refractivity contribution < 1.29 is 9.47 Å². The van der Waals surface area contributed by atoms with E-state index in [-0.39, 0.29) is 6.04 Å². The number of nitrogens with one attached hydrogen (secondary N) is 1. The fraction of sp³-hybridized carbons (Fsp3) is 0.647. The van der Waals surface area contributed by atoms with Gasteiger partial charge in [-0.1, -0.05) is 13.3 Å². The van der Waals surface area contributed by atoms with Gasteiger partial charge < -0.3 is 14.8 Å². The molecule has 3 heteroatoms. The molecule has 20 heavy (non-hydrogen) atoms. The Morgan fingerprint density at radius 3 is 2.50 bits per heavy atom. The summed E-state index contributed by atoms with van der Waals surface area (Å²) in [6.45, 7) is 5.59. The summed E-state index contributed by atoms with van der Waals surface area (Å²) < 4.78 is 10.8. The zero-order valence-corrected chi connectivity index (χ0v) is 13.2. The Hall–Kier alpha value is -1.22. The first-order valence-electron chi connectivity index (χ1n) is 7.59. The van der Waals surface area contributed by atoms with Crippen LogP contribution in [0.3, 0.4) is 0 Å². The van der Waals surface area contributed by atoms with Crippen molar-refractivity contribution in [3.8, 4) is 11.5 Å². The molecule has 1 saturated carbocycles. The van der Waals surface area contributed by atoms with Crippen LogP contribution in [0.5, 0.6) is 11.5 Å². The van der Waals surface area contributed by atoms with Crippen LogP contribution in [0.4, 0.5) is 0 Å². The van der Waals surface area contributed by atoms with Crippen LogP contribution in [-0.4, -0.2) is 20.8 Å². The van der Waals surface area contributed by atoms with Gasteiger partial charge in [0.2, 0.25) is 0 Å². The Morgan fingerprint density at radius 2 is 2.00 bits per heavy atom. The summed E-state index contributed by atoms with van der Waals surface area (Å²) in [6, 6.07) is 6.25. The molecular formula is C17H27NO2. The lowest BCUT2D eigenvalue weighted by Crippen LogP contribution is -2.40. The van der Waals surface area contributed by atoms with E-state index in [9.17, 15) is 0 Å². The first-order valence-corrected chi connectivity index (χ1v) is 7.59. The van der Waals surface area contributed by atoms with E-state index in [0.717, 1.165) is 23.6 Å². The van der Waals surface area contributed by atoms with E-state index in [0.29, 0.717) is 5.41 Å². The van der Waals surface area contributed by atoms with Crippen molar-refractivity contribution in [3.63, 3.8) is 0 Å². The molecule has 0 amide bonds. The average Bonchev–Trinajstić information content (AvgIpc) is 2.45. The molecule has 0 radical (unpaired) electrons. The van der Waals surface area contributed by atoms with Crippen molar-refractivity contribution >= 4 is 0 Å². The van der Waals surface area contributed by atoms with Crippen LogP contribution in [0.25, 0.3) is 0 Å². The molecule has 1 unspecified atom stereocenters. The molecule has 1 aliphatic rings. The van der Waals surface area contributed by atoms with Gasteiger partial charge in [0.1, 0.15) is 11.5 Å². The van der Waals surface area contributed by atoms with Gasteiger partial charge in [-0.3, -0.25) is 0 Å². The molecule has 0 bridgehead atoms. The highest BCUT2D eigenvalue weighted by Gasteiger charge is 2.35. The maximum absolute atomic E-state index is 5.47. The van der Waals surface area contributed by atoms with Crippen molar-refractivity contribution in [2.75, 3.05) is 20.8 Å². The predicted molar refractivity (Wildman–Crippen MR) is 82.5 cm³/mol. The Kier molecular flexibility index (Phi) is 4.92. The molecule has 1 aliphatic carbocycles. The second kappa shape index (κ2) is 6.49. The molecule has 0 aromatic heterocycles. The lowest BCUT2D eigenvalue weighted by Gasteiger charge is -2.42. The quantitative estimate of drug-likeness (QED) is 0.819. The topological polar surface area (TPSA) is 30.5 Å². The van der Waals surface area contributed by atoms with E-state index in [1.54, 1.807) is 14.2 Å². The van der Waals surface area contributed by atoms with Crippen LogP contribution in [0, 0.1) is 5.41 Å². The minimum atomic E-state index is 0.268. The smallest absolute Gasteiger partial charge is 0.123 e. The third-order valence-electron chi connectivity index (χ3n) is 4.85. The average molecular weight is 277 g/mol. The van der Waals surface area contributed by atoms with Crippen LogP contribution >= 0.6 is 0 Å². The minimum Gasteiger partial charge on any atom is -0.497 e. The van der Waals surface area contributed by atoms with E-state index in [1.807, 2.05) is 12.1 Å². The number of benzene rings is 1. The summed E-state index contributed by atoms with van der Waals surface area (Å²) >= 11 is 0. The molecule has 2 rings (SSSR count). The van der Waals surface area contributed by atoms with Crippen LogP contribution in [0.2, 0.25) is 0 Å². The molecular weight excluding hydrogens is 250 g/mol. The largest absolute Gasteiger partial charge is 0.497 e. The fourth-order valence-corrected chi connectivity index (χ4v) is 2.99. The molecule has 0 heterocycles. The lowest BCUT2D eigenvalue weighted by atomic mass is 9.67. The Labute approximate surface area is 122 Å². The molecule has 0 saturated heterocycles. The van der Waals surface area contributed by atoms with Crippen molar-refractivity contribution in [2.24, 2.45) is 5.41 Å². The highest BCUT2D eigenvalue weighted by Crippen LogP contribution is 2.43. The van der Waals surface area contributed by atoms with Crippen LogP contribution < -0.4 is 14.8 Å². The third-order valence-corrected chi connectivity index (χ3v) is 4.85. The molecule has 1 atom stereocenters. The van der Waals surface area contributed by atoms with Gasteiger partial charge in [-0.15, -0.1) is 0 Å². The van der Waals surface area contributed by atoms with E-state index in [1.165, 1.54) is 25.7 Å². The Bertz CT molecular complexity index is 435. The summed E-state index contributed by atoms with van der Waals surface area (Å²) in [5.41, 5.74) is 1.69. The van der Waals surface area contributed by atoms with Gasteiger partial charge in [-0.05, 0) is 49.8 Å². The van der Waals surface area contributed by atoms with Gasteiger partial charge in [0.15, 0.2) is 0 Å². The van der Waals surface area contributed by atoms with Crippen LogP contribution in [-0.2, 0) is 0 Å². The van der Waals surface area contributed by atoms with Crippen LogP contribution in [0.15, 0.2) is 18.2 Å². The summed E-state index contributed by atoms with van der Waals surface area (Å²) in [5.74, 6) is 1.80.